The van der Waals surface area contributed by atoms with Gasteiger partial charge in [-0.3, -0.25) is 19.5 Å². The number of aliphatic hydroxyl groups excluding tert-OH is 1. The Bertz CT molecular complexity index is 1360. The SMILES string of the molecule is C[C@]12C=CC(=O)C=C1[C@@H](F)C[C@H]1C3C[C@H]4CN(c5ccc(Cl)cc5)O[C@@]4(C(=O)SCC(F)(F)F)[C@@]3(C)C[C@H](O)[C@@]12F. The van der Waals surface area contributed by atoms with Gasteiger partial charge in [-0.2, -0.15) is 13.2 Å². The van der Waals surface area contributed by atoms with Crippen LogP contribution in [0.25, 0.3) is 0 Å². The molecule has 0 aromatic heterocycles. The summed E-state index contributed by atoms with van der Waals surface area (Å²) >= 11 is 6.12. The number of hydrogen-bond acceptors (Lipinski definition) is 6. The molecule has 1 saturated heterocycles. The number of alkyl halides is 5. The fraction of sp³-hybridized carbons (Fsp3) is 0.586. The van der Waals surface area contributed by atoms with Crippen molar-refractivity contribution in [2.24, 2.45) is 28.6 Å². The summed E-state index contributed by atoms with van der Waals surface area (Å²) in [4.78, 5) is 32.4. The predicted octanol–water partition coefficient (Wildman–Crippen LogP) is 6.20. The van der Waals surface area contributed by atoms with Crippen molar-refractivity contribution < 1.29 is 41.5 Å². The van der Waals surface area contributed by atoms with Crippen molar-refractivity contribution in [1.29, 1.82) is 0 Å². The molecule has 1 heterocycles. The van der Waals surface area contributed by atoms with Crippen molar-refractivity contribution in [2.45, 2.75) is 62.8 Å². The van der Waals surface area contributed by atoms with Gasteiger partial charge in [0.2, 0.25) is 5.12 Å². The average Bonchev–Trinajstić information content (AvgIpc) is 3.39. The fourth-order valence-electron chi connectivity index (χ4n) is 8.60. The second-order valence-electron chi connectivity index (χ2n) is 12.3. The van der Waals surface area contributed by atoms with Crippen LogP contribution in [0.1, 0.15) is 33.1 Å². The Labute approximate surface area is 243 Å². The highest BCUT2D eigenvalue weighted by Crippen LogP contribution is 2.73. The number of anilines is 1. The summed E-state index contributed by atoms with van der Waals surface area (Å²) in [5, 5.41) is 12.7. The number of halogens is 6. The van der Waals surface area contributed by atoms with Gasteiger partial charge in [0.05, 0.1) is 24.1 Å². The smallest absolute Gasteiger partial charge is 0.390 e. The van der Waals surface area contributed by atoms with Crippen molar-refractivity contribution in [2.75, 3.05) is 17.4 Å². The maximum Gasteiger partial charge on any atom is 0.398 e. The molecule has 1 N–H and O–H groups in total. The van der Waals surface area contributed by atoms with Crippen LogP contribution in [0.2, 0.25) is 5.02 Å². The Balaban J connectivity index is 1.44. The molecule has 4 fully saturated rings. The van der Waals surface area contributed by atoms with Gasteiger partial charge in [0.1, 0.15) is 6.17 Å². The molecular weight excluding hydrogens is 589 g/mol. The van der Waals surface area contributed by atoms with E-state index in [1.165, 1.54) is 24.1 Å². The summed E-state index contributed by atoms with van der Waals surface area (Å²) in [6, 6.07) is 6.55. The zero-order chi connectivity index (χ0) is 29.8. The zero-order valence-electron chi connectivity index (χ0n) is 22.3. The first-order valence-electron chi connectivity index (χ1n) is 13.5. The topological polar surface area (TPSA) is 66.8 Å². The van der Waals surface area contributed by atoms with Gasteiger partial charge in [0, 0.05) is 27.7 Å². The number of rotatable bonds is 3. The summed E-state index contributed by atoms with van der Waals surface area (Å²) < 4.78 is 73.0. The molecule has 3 saturated carbocycles. The lowest BCUT2D eigenvalue weighted by Gasteiger charge is -2.63. The van der Waals surface area contributed by atoms with Crippen LogP contribution in [0, 0.1) is 28.6 Å². The lowest BCUT2D eigenvalue weighted by atomic mass is 9.44. The molecule has 1 aromatic rings. The maximum absolute atomic E-state index is 17.5. The van der Waals surface area contributed by atoms with Gasteiger partial charge in [-0.1, -0.05) is 36.4 Å². The van der Waals surface area contributed by atoms with Crippen molar-refractivity contribution in [1.82, 2.24) is 0 Å². The molecular formula is C29H29ClF5NO4S. The molecule has 6 rings (SSSR count). The first kappa shape index (κ1) is 29.1. The molecule has 5 nitrogen and oxygen atoms in total. The quantitative estimate of drug-likeness (QED) is 0.408. The van der Waals surface area contributed by atoms with E-state index in [2.05, 4.69) is 0 Å². The highest BCUT2D eigenvalue weighted by Gasteiger charge is 2.80. The number of thioether (sulfide) groups is 1. The number of benzene rings is 1. The van der Waals surface area contributed by atoms with Gasteiger partial charge in [0.25, 0.3) is 0 Å². The molecule has 4 aliphatic carbocycles. The zero-order valence-corrected chi connectivity index (χ0v) is 23.8. The van der Waals surface area contributed by atoms with Crippen LogP contribution >= 0.6 is 23.4 Å². The second kappa shape index (κ2) is 9.27. The van der Waals surface area contributed by atoms with E-state index < -0.39 is 75.0 Å². The number of ketones is 1. The Morgan fingerprint density at radius 2 is 1.88 bits per heavy atom. The lowest BCUT2D eigenvalue weighted by Crippen LogP contribution is -2.70. The van der Waals surface area contributed by atoms with E-state index in [9.17, 15) is 27.9 Å². The van der Waals surface area contributed by atoms with E-state index in [-0.39, 0.29) is 43.1 Å². The number of nitrogens with zero attached hydrogens (tertiary/aromatic N) is 1. The molecule has 12 heteroatoms. The van der Waals surface area contributed by atoms with Crippen molar-refractivity contribution in [3.63, 3.8) is 0 Å². The normalized spacial score (nSPS) is 43.2. The number of carbonyl (C=O) groups is 2. The minimum Gasteiger partial charge on any atom is -0.390 e. The molecule has 0 spiro atoms. The number of aliphatic hydroxyl groups is 1. The Hall–Kier alpha value is -1.95. The number of hydrogen-bond donors (Lipinski definition) is 1. The number of carbonyl (C=O) groups excluding carboxylic acids is 2. The highest BCUT2D eigenvalue weighted by atomic mass is 35.5. The Kier molecular flexibility index (Phi) is 6.59. The van der Waals surface area contributed by atoms with Crippen molar-refractivity contribution in [3.8, 4) is 0 Å². The van der Waals surface area contributed by atoms with Crippen LogP contribution in [0.5, 0.6) is 0 Å². The molecule has 9 atom stereocenters. The van der Waals surface area contributed by atoms with E-state index in [4.69, 9.17) is 16.4 Å². The number of fused-ring (bicyclic) bond motifs is 7. The minimum atomic E-state index is -4.62. The van der Waals surface area contributed by atoms with Crippen LogP contribution in [-0.4, -0.2) is 58.0 Å². The molecule has 1 aromatic carbocycles. The Morgan fingerprint density at radius 3 is 2.54 bits per heavy atom. The molecule has 1 aliphatic heterocycles. The summed E-state index contributed by atoms with van der Waals surface area (Å²) in [5.74, 6) is -4.31. The van der Waals surface area contributed by atoms with E-state index in [1.807, 2.05) is 0 Å². The maximum atomic E-state index is 17.5. The van der Waals surface area contributed by atoms with E-state index in [0.29, 0.717) is 10.7 Å². The minimum absolute atomic E-state index is 0.0266. The molecule has 1 unspecified atom stereocenters. The third-order valence-corrected chi connectivity index (χ3v) is 11.7. The Morgan fingerprint density at radius 1 is 1.20 bits per heavy atom. The molecule has 0 bridgehead atoms. The van der Waals surface area contributed by atoms with E-state index >= 15 is 8.78 Å². The molecule has 0 radical (unpaired) electrons. The van der Waals surface area contributed by atoms with Crippen molar-refractivity contribution in [3.05, 3.63) is 53.1 Å². The first-order valence-corrected chi connectivity index (χ1v) is 14.9. The molecule has 222 valence electrons. The monoisotopic (exact) mass is 617 g/mol. The third kappa shape index (κ3) is 3.94. The lowest BCUT2D eigenvalue weighted by molar-refractivity contribution is -0.225. The third-order valence-electron chi connectivity index (χ3n) is 10.4. The fourth-order valence-corrected chi connectivity index (χ4v) is 9.68. The van der Waals surface area contributed by atoms with Gasteiger partial charge in [-0.15, -0.1) is 0 Å². The second-order valence-corrected chi connectivity index (χ2v) is 13.7. The molecule has 0 amide bonds. The van der Waals surface area contributed by atoms with Gasteiger partial charge in [-0.25, -0.2) is 8.78 Å². The molecule has 41 heavy (non-hydrogen) atoms. The van der Waals surface area contributed by atoms with Crippen LogP contribution in [0.4, 0.5) is 27.6 Å². The number of hydroxylamine groups is 1. The van der Waals surface area contributed by atoms with E-state index in [1.54, 1.807) is 31.2 Å². The summed E-state index contributed by atoms with van der Waals surface area (Å²) in [7, 11) is 0. The van der Waals surface area contributed by atoms with Crippen molar-refractivity contribution >= 4 is 39.9 Å². The summed E-state index contributed by atoms with van der Waals surface area (Å²) in [5.41, 5.74) is -6.62. The summed E-state index contributed by atoms with van der Waals surface area (Å²) in [6.45, 7) is 3.25. The van der Waals surface area contributed by atoms with Gasteiger partial charge in [-0.05, 0) is 74.1 Å². The summed E-state index contributed by atoms with van der Waals surface area (Å²) in [6.07, 6.45) is -4.84. The van der Waals surface area contributed by atoms with Crippen LogP contribution in [0.3, 0.4) is 0 Å². The van der Waals surface area contributed by atoms with E-state index in [0.717, 1.165) is 6.08 Å². The highest BCUT2D eigenvalue weighted by molar-refractivity contribution is 8.13. The predicted molar refractivity (Wildman–Crippen MR) is 144 cm³/mol. The largest absolute Gasteiger partial charge is 0.398 e. The van der Waals surface area contributed by atoms with Gasteiger partial charge < -0.3 is 5.11 Å². The van der Waals surface area contributed by atoms with Crippen LogP contribution in [0.15, 0.2) is 48.1 Å². The van der Waals surface area contributed by atoms with Gasteiger partial charge in [0.15, 0.2) is 17.1 Å². The molecule has 5 aliphatic rings. The first-order chi connectivity index (χ1) is 19.1. The average molecular weight is 618 g/mol. The van der Waals surface area contributed by atoms with Crippen LogP contribution in [-0.2, 0) is 14.4 Å². The van der Waals surface area contributed by atoms with Gasteiger partial charge >= 0.3 is 6.18 Å². The number of allylic oxidation sites excluding steroid dienone is 4. The standard InChI is InChI=1S/C29H29ClF5NO4S/c1-25-8-7-18(37)10-21(25)22(31)11-20-19-9-15-13-36(17-5-3-16(30)4-6-17)40-29(15,24(39)41-14-27(32,33)34)26(19,2)12-23(38)28(20,25)35/h3-8,10,15,19-20,22-23,38H,9,11-14H2,1-2H3/t15-,19?,20-,22-,23-,25-,26-,28-,29-/m0/s1. The van der Waals surface area contributed by atoms with Crippen LogP contribution < -0.4 is 5.06 Å².